The van der Waals surface area contributed by atoms with Gasteiger partial charge in [0.15, 0.2) is 6.61 Å². The summed E-state index contributed by atoms with van der Waals surface area (Å²) in [5, 5.41) is 9.43. The van der Waals surface area contributed by atoms with Crippen LogP contribution in [0.3, 0.4) is 0 Å². The number of ether oxygens (including phenoxy) is 2. The predicted molar refractivity (Wildman–Crippen MR) is 74.7 cm³/mol. The van der Waals surface area contributed by atoms with Gasteiger partial charge >= 0.3 is 6.18 Å². The van der Waals surface area contributed by atoms with Crippen LogP contribution in [0.25, 0.3) is 0 Å². The van der Waals surface area contributed by atoms with Crippen LogP contribution >= 0.6 is 0 Å². The third-order valence-electron chi connectivity index (χ3n) is 3.77. The van der Waals surface area contributed by atoms with E-state index < -0.39 is 12.8 Å². The maximum atomic E-state index is 12.3. The van der Waals surface area contributed by atoms with E-state index in [1.54, 1.807) is 25.3 Å². The second-order valence-corrected chi connectivity index (χ2v) is 5.37. The van der Waals surface area contributed by atoms with Gasteiger partial charge in [-0.2, -0.15) is 13.2 Å². The SMILES string of the molecule is CO[C@@H]1C[C@@H](CO)N(Cc2ccccc2OCC(F)(F)F)C1. The van der Waals surface area contributed by atoms with E-state index >= 15 is 0 Å². The molecular formula is C15H20F3NO3. The first-order chi connectivity index (χ1) is 10.4. The van der Waals surface area contributed by atoms with Gasteiger partial charge < -0.3 is 14.6 Å². The fourth-order valence-electron chi connectivity index (χ4n) is 2.65. The average molecular weight is 319 g/mol. The van der Waals surface area contributed by atoms with Gasteiger partial charge in [0.2, 0.25) is 0 Å². The van der Waals surface area contributed by atoms with E-state index in [4.69, 9.17) is 9.47 Å². The van der Waals surface area contributed by atoms with Crippen molar-refractivity contribution in [1.82, 2.24) is 4.90 Å². The lowest BCUT2D eigenvalue weighted by Crippen LogP contribution is -2.32. The molecule has 1 aliphatic heterocycles. The van der Waals surface area contributed by atoms with Gasteiger partial charge in [0, 0.05) is 31.8 Å². The molecule has 0 radical (unpaired) electrons. The van der Waals surface area contributed by atoms with Crippen molar-refractivity contribution < 1.29 is 27.8 Å². The largest absolute Gasteiger partial charge is 0.484 e. The van der Waals surface area contributed by atoms with E-state index in [0.717, 1.165) is 0 Å². The van der Waals surface area contributed by atoms with Crippen LogP contribution in [0, 0.1) is 0 Å². The van der Waals surface area contributed by atoms with Crippen LogP contribution < -0.4 is 4.74 Å². The third-order valence-corrected chi connectivity index (χ3v) is 3.77. The molecule has 2 atom stereocenters. The Hall–Kier alpha value is -1.31. The van der Waals surface area contributed by atoms with Crippen LogP contribution in [0.5, 0.6) is 5.75 Å². The van der Waals surface area contributed by atoms with Gasteiger partial charge in [0.05, 0.1) is 12.7 Å². The summed E-state index contributed by atoms with van der Waals surface area (Å²) >= 11 is 0. The maximum absolute atomic E-state index is 12.3. The van der Waals surface area contributed by atoms with Crippen molar-refractivity contribution in [2.45, 2.75) is 31.3 Å². The minimum absolute atomic E-state index is 0.00850. The molecule has 1 fully saturated rings. The first-order valence-corrected chi connectivity index (χ1v) is 7.08. The average Bonchev–Trinajstić information content (AvgIpc) is 2.88. The second-order valence-electron chi connectivity index (χ2n) is 5.37. The molecule has 1 N–H and O–H groups in total. The number of hydrogen-bond acceptors (Lipinski definition) is 4. The minimum atomic E-state index is -4.37. The summed E-state index contributed by atoms with van der Waals surface area (Å²) < 4.78 is 47.1. The molecule has 1 saturated heterocycles. The van der Waals surface area contributed by atoms with Gasteiger partial charge in [0.1, 0.15) is 5.75 Å². The summed E-state index contributed by atoms with van der Waals surface area (Å²) in [6.07, 6.45) is -3.63. The molecule has 1 heterocycles. The van der Waals surface area contributed by atoms with Crippen molar-refractivity contribution in [3.05, 3.63) is 29.8 Å². The molecule has 0 spiro atoms. The van der Waals surface area contributed by atoms with Crippen molar-refractivity contribution in [3.8, 4) is 5.75 Å². The molecule has 1 aromatic carbocycles. The van der Waals surface area contributed by atoms with Gasteiger partial charge in [-0.3, -0.25) is 4.90 Å². The topological polar surface area (TPSA) is 41.9 Å². The minimum Gasteiger partial charge on any atom is -0.484 e. The summed E-state index contributed by atoms with van der Waals surface area (Å²) in [4.78, 5) is 2.00. The van der Waals surface area contributed by atoms with Gasteiger partial charge in [-0.15, -0.1) is 0 Å². The van der Waals surface area contributed by atoms with Crippen LogP contribution in [-0.2, 0) is 11.3 Å². The normalized spacial score (nSPS) is 23.0. The number of aliphatic hydroxyl groups is 1. The number of likely N-dealkylation sites (tertiary alicyclic amines) is 1. The number of para-hydroxylation sites is 1. The number of alkyl halides is 3. The number of benzene rings is 1. The number of aliphatic hydroxyl groups excluding tert-OH is 1. The molecule has 7 heteroatoms. The molecular weight excluding hydrogens is 299 g/mol. The number of halogens is 3. The summed E-state index contributed by atoms with van der Waals surface area (Å²) in [6, 6.07) is 6.61. The lowest BCUT2D eigenvalue weighted by molar-refractivity contribution is -0.153. The third kappa shape index (κ3) is 4.59. The molecule has 22 heavy (non-hydrogen) atoms. The van der Waals surface area contributed by atoms with Gasteiger partial charge in [-0.05, 0) is 12.5 Å². The first-order valence-electron chi connectivity index (χ1n) is 7.08. The highest BCUT2D eigenvalue weighted by Crippen LogP contribution is 2.27. The zero-order valence-electron chi connectivity index (χ0n) is 12.3. The summed E-state index contributed by atoms with van der Waals surface area (Å²) in [6.45, 7) is -0.270. The Morgan fingerprint density at radius 2 is 2.05 bits per heavy atom. The highest BCUT2D eigenvalue weighted by atomic mass is 19.4. The van der Waals surface area contributed by atoms with Crippen LogP contribution in [0.15, 0.2) is 24.3 Å². The molecule has 1 aromatic rings. The van der Waals surface area contributed by atoms with Crippen LogP contribution in [0.4, 0.5) is 13.2 Å². The van der Waals surface area contributed by atoms with Gasteiger partial charge in [0.25, 0.3) is 0 Å². The van der Waals surface area contributed by atoms with Crippen molar-refractivity contribution in [2.24, 2.45) is 0 Å². The summed E-state index contributed by atoms with van der Waals surface area (Å²) in [5.74, 6) is 0.220. The Bertz CT molecular complexity index is 481. The summed E-state index contributed by atoms with van der Waals surface area (Å²) in [5.41, 5.74) is 0.668. The number of rotatable bonds is 6. The molecule has 124 valence electrons. The number of hydrogen-bond donors (Lipinski definition) is 1. The van der Waals surface area contributed by atoms with Gasteiger partial charge in [-0.1, -0.05) is 18.2 Å². The quantitative estimate of drug-likeness (QED) is 0.873. The molecule has 0 aliphatic carbocycles. The molecule has 0 saturated carbocycles. The fourth-order valence-corrected chi connectivity index (χ4v) is 2.65. The van der Waals surface area contributed by atoms with Crippen molar-refractivity contribution in [2.75, 3.05) is 26.9 Å². The number of nitrogens with zero attached hydrogens (tertiary/aromatic N) is 1. The molecule has 0 unspecified atom stereocenters. The lowest BCUT2D eigenvalue weighted by atomic mass is 10.1. The van der Waals surface area contributed by atoms with E-state index in [2.05, 4.69) is 0 Å². The standard InChI is InChI=1S/C15H20F3NO3/c1-21-13-6-12(9-20)19(8-13)7-11-4-2-3-5-14(11)22-10-15(16,17)18/h2-5,12-13,20H,6-10H2,1H3/t12-,13+/m0/s1. The zero-order valence-corrected chi connectivity index (χ0v) is 12.3. The molecule has 1 aliphatic rings. The molecule has 0 amide bonds. The Morgan fingerprint density at radius 1 is 1.32 bits per heavy atom. The van der Waals surface area contributed by atoms with Crippen LogP contribution in [-0.4, -0.2) is 55.2 Å². The summed E-state index contributed by atoms with van der Waals surface area (Å²) in [7, 11) is 1.61. The Labute approximate surface area is 127 Å². The molecule has 0 aromatic heterocycles. The van der Waals surface area contributed by atoms with Crippen LogP contribution in [0.1, 0.15) is 12.0 Å². The monoisotopic (exact) mass is 319 g/mol. The highest BCUT2D eigenvalue weighted by Gasteiger charge is 2.32. The van der Waals surface area contributed by atoms with Crippen molar-refractivity contribution in [1.29, 1.82) is 0 Å². The van der Waals surface area contributed by atoms with E-state index in [1.807, 2.05) is 4.90 Å². The zero-order chi connectivity index (χ0) is 16.2. The Morgan fingerprint density at radius 3 is 2.68 bits per heavy atom. The van der Waals surface area contributed by atoms with Crippen LogP contribution in [0.2, 0.25) is 0 Å². The van der Waals surface area contributed by atoms with E-state index in [0.29, 0.717) is 25.1 Å². The lowest BCUT2D eigenvalue weighted by Gasteiger charge is -2.23. The van der Waals surface area contributed by atoms with E-state index in [-0.39, 0.29) is 24.5 Å². The molecule has 0 bridgehead atoms. The molecule has 2 rings (SSSR count). The fraction of sp³-hybridized carbons (Fsp3) is 0.600. The highest BCUT2D eigenvalue weighted by molar-refractivity contribution is 5.33. The Balaban J connectivity index is 2.06. The number of methoxy groups -OCH3 is 1. The Kier molecular flexibility index (Phi) is 5.66. The second kappa shape index (κ2) is 7.30. The van der Waals surface area contributed by atoms with Crippen molar-refractivity contribution >= 4 is 0 Å². The molecule has 4 nitrogen and oxygen atoms in total. The van der Waals surface area contributed by atoms with E-state index in [9.17, 15) is 18.3 Å². The maximum Gasteiger partial charge on any atom is 0.422 e. The first kappa shape index (κ1) is 17.1. The van der Waals surface area contributed by atoms with Crippen molar-refractivity contribution in [3.63, 3.8) is 0 Å². The van der Waals surface area contributed by atoms with E-state index in [1.165, 1.54) is 6.07 Å². The van der Waals surface area contributed by atoms with Gasteiger partial charge in [-0.25, -0.2) is 0 Å². The smallest absolute Gasteiger partial charge is 0.422 e. The predicted octanol–water partition coefficient (Wildman–Crippen LogP) is 2.21.